The van der Waals surface area contributed by atoms with E-state index in [0.29, 0.717) is 29.8 Å². The second-order valence-electron chi connectivity index (χ2n) is 7.97. The molecule has 0 bridgehead atoms. The molecule has 0 fully saturated rings. The predicted molar refractivity (Wildman–Crippen MR) is 131 cm³/mol. The highest BCUT2D eigenvalue weighted by molar-refractivity contribution is 6.11. The number of anilines is 2. The maximum atomic E-state index is 13.3. The number of benzene rings is 3. The molecule has 0 heterocycles. The summed E-state index contributed by atoms with van der Waals surface area (Å²) in [6.45, 7) is 3.80. The topological polar surface area (TPSA) is 105 Å². The minimum atomic E-state index is -1.30. The Balaban J connectivity index is 1.87. The Morgan fingerprint density at radius 1 is 0.824 bits per heavy atom. The first-order chi connectivity index (χ1) is 16.4. The van der Waals surface area contributed by atoms with Gasteiger partial charge in [0.2, 0.25) is 11.8 Å². The van der Waals surface area contributed by atoms with Crippen LogP contribution in [0.5, 0.6) is 5.75 Å². The van der Waals surface area contributed by atoms with E-state index in [1.807, 2.05) is 19.9 Å². The first-order valence-corrected chi connectivity index (χ1v) is 11.1. The molecule has 2 unspecified atom stereocenters. The maximum absolute atomic E-state index is 13.3. The fraction of sp³-hybridized carbons (Fsp3) is 0.222. The molecule has 176 valence electrons. The molecule has 7 heteroatoms. The summed E-state index contributed by atoms with van der Waals surface area (Å²) in [7, 11) is 0. The normalized spacial score (nSPS) is 12.3. The van der Waals surface area contributed by atoms with Crippen LogP contribution in [0.3, 0.4) is 0 Å². The number of para-hydroxylation sites is 1. The van der Waals surface area contributed by atoms with Crippen LogP contribution in [-0.4, -0.2) is 29.0 Å². The van der Waals surface area contributed by atoms with Crippen LogP contribution in [-0.2, 0) is 14.3 Å². The average molecular weight is 461 g/mol. The highest BCUT2D eigenvalue weighted by atomic mass is 16.5. The molecule has 0 aliphatic carbocycles. The number of aromatic hydroxyl groups is 1. The SMILES string of the molecule is CCCC(OC(=O)c1ccc(C)cc1)C(C(=O)Nc1ccccc1)C(=O)Nc1ccc(O)cc1. The van der Waals surface area contributed by atoms with Crippen LogP contribution >= 0.6 is 0 Å². The number of phenolic OH excluding ortho intramolecular Hbond substituents is 1. The molecule has 0 aliphatic rings. The molecule has 0 radical (unpaired) electrons. The second-order valence-corrected chi connectivity index (χ2v) is 7.97. The van der Waals surface area contributed by atoms with Gasteiger partial charge >= 0.3 is 5.97 Å². The Bertz CT molecular complexity index is 1110. The summed E-state index contributed by atoms with van der Waals surface area (Å²) in [5.74, 6) is -3.06. The molecule has 2 amide bonds. The van der Waals surface area contributed by atoms with Gasteiger partial charge in [0.05, 0.1) is 5.56 Å². The van der Waals surface area contributed by atoms with Crippen LogP contribution in [0.2, 0.25) is 0 Å². The minimum Gasteiger partial charge on any atom is -0.508 e. The quantitative estimate of drug-likeness (QED) is 0.239. The van der Waals surface area contributed by atoms with Gasteiger partial charge in [-0.15, -0.1) is 0 Å². The Labute approximate surface area is 198 Å². The number of hydrogen-bond donors (Lipinski definition) is 3. The van der Waals surface area contributed by atoms with Crippen molar-refractivity contribution in [2.45, 2.75) is 32.8 Å². The second kappa shape index (κ2) is 11.7. The van der Waals surface area contributed by atoms with Crippen molar-refractivity contribution in [1.82, 2.24) is 0 Å². The van der Waals surface area contributed by atoms with Crippen molar-refractivity contribution in [1.29, 1.82) is 0 Å². The fourth-order valence-electron chi connectivity index (χ4n) is 3.44. The summed E-state index contributed by atoms with van der Waals surface area (Å²) in [5.41, 5.74) is 2.26. The third-order valence-electron chi connectivity index (χ3n) is 5.23. The Hall–Kier alpha value is -4.13. The molecule has 3 N–H and O–H groups in total. The first kappa shape index (κ1) is 24.5. The standard InChI is InChI=1S/C27H28N2O5/c1-3-7-23(34-27(33)19-12-10-18(2)11-13-19)24(25(31)28-20-8-5-4-6-9-20)26(32)29-21-14-16-22(30)17-15-21/h4-6,8-17,23-24,30H,3,7H2,1-2H3,(H,28,31)(H,29,32). The zero-order chi connectivity index (χ0) is 24.5. The largest absolute Gasteiger partial charge is 0.508 e. The van der Waals surface area contributed by atoms with E-state index in [0.717, 1.165) is 5.56 Å². The van der Waals surface area contributed by atoms with Crippen LogP contribution in [0.25, 0.3) is 0 Å². The molecule has 3 aromatic carbocycles. The summed E-state index contributed by atoms with van der Waals surface area (Å²) in [6, 6.07) is 21.5. The number of amides is 2. The van der Waals surface area contributed by atoms with Crippen molar-refractivity contribution in [2.24, 2.45) is 5.92 Å². The van der Waals surface area contributed by atoms with Gasteiger partial charge in [-0.3, -0.25) is 9.59 Å². The van der Waals surface area contributed by atoms with Gasteiger partial charge < -0.3 is 20.5 Å². The van der Waals surface area contributed by atoms with Crippen molar-refractivity contribution in [2.75, 3.05) is 10.6 Å². The Morgan fingerprint density at radius 2 is 1.38 bits per heavy atom. The monoisotopic (exact) mass is 460 g/mol. The average Bonchev–Trinajstić information content (AvgIpc) is 2.82. The van der Waals surface area contributed by atoms with Gasteiger partial charge in [-0.2, -0.15) is 0 Å². The lowest BCUT2D eigenvalue weighted by Gasteiger charge is -2.25. The molecule has 0 aromatic heterocycles. The van der Waals surface area contributed by atoms with Crippen molar-refractivity contribution in [3.8, 4) is 5.75 Å². The number of carbonyl (C=O) groups excluding carboxylic acids is 3. The third-order valence-corrected chi connectivity index (χ3v) is 5.23. The van der Waals surface area contributed by atoms with Gasteiger partial charge in [-0.05, 0) is 61.9 Å². The van der Waals surface area contributed by atoms with E-state index in [1.165, 1.54) is 24.3 Å². The summed E-state index contributed by atoms with van der Waals surface area (Å²) in [6.07, 6.45) is -0.0828. The molecule has 0 aliphatic heterocycles. The van der Waals surface area contributed by atoms with Gasteiger partial charge in [0.15, 0.2) is 5.92 Å². The molecule has 2 atom stereocenters. The Morgan fingerprint density at radius 3 is 1.94 bits per heavy atom. The summed E-state index contributed by atoms with van der Waals surface area (Å²) in [4.78, 5) is 39.4. The van der Waals surface area contributed by atoms with Crippen LogP contribution < -0.4 is 10.6 Å². The zero-order valence-electron chi connectivity index (χ0n) is 19.2. The van der Waals surface area contributed by atoms with Gasteiger partial charge in [-0.25, -0.2) is 4.79 Å². The highest BCUT2D eigenvalue weighted by Gasteiger charge is 2.37. The number of hydrogen-bond acceptors (Lipinski definition) is 5. The molecule has 0 spiro atoms. The number of carbonyl (C=O) groups is 3. The van der Waals surface area contributed by atoms with E-state index < -0.39 is 29.8 Å². The zero-order valence-corrected chi connectivity index (χ0v) is 19.2. The third kappa shape index (κ3) is 6.68. The van der Waals surface area contributed by atoms with Crippen molar-refractivity contribution in [3.05, 3.63) is 90.0 Å². The first-order valence-electron chi connectivity index (χ1n) is 11.1. The van der Waals surface area contributed by atoms with Crippen LogP contribution in [0.1, 0.15) is 35.7 Å². The van der Waals surface area contributed by atoms with E-state index in [9.17, 15) is 19.5 Å². The number of aryl methyl sites for hydroxylation is 1. The lowest BCUT2D eigenvalue weighted by Crippen LogP contribution is -2.44. The molecular weight excluding hydrogens is 432 g/mol. The predicted octanol–water partition coefficient (Wildman–Crippen LogP) is 4.92. The lowest BCUT2D eigenvalue weighted by atomic mass is 9.95. The van der Waals surface area contributed by atoms with Gasteiger partial charge in [-0.1, -0.05) is 49.2 Å². The van der Waals surface area contributed by atoms with Crippen molar-refractivity contribution in [3.63, 3.8) is 0 Å². The molecule has 3 rings (SSSR count). The molecule has 34 heavy (non-hydrogen) atoms. The van der Waals surface area contributed by atoms with Crippen LogP contribution in [0, 0.1) is 12.8 Å². The van der Waals surface area contributed by atoms with Gasteiger partial charge in [0, 0.05) is 11.4 Å². The van der Waals surface area contributed by atoms with E-state index in [-0.39, 0.29) is 5.75 Å². The Kier molecular flexibility index (Phi) is 8.40. The van der Waals surface area contributed by atoms with E-state index >= 15 is 0 Å². The number of rotatable bonds is 9. The highest BCUT2D eigenvalue weighted by Crippen LogP contribution is 2.22. The van der Waals surface area contributed by atoms with E-state index in [1.54, 1.807) is 48.5 Å². The number of esters is 1. The van der Waals surface area contributed by atoms with Crippen molar-refractivity contribution < 1.29 is 24.2 Å². The van der Waals surface area contributed by atoms with Gasteiger partial charge in [0.25, 0.3) is 0 Å². The smallest absolute Gasteiger partial charge is 0.338 e. The fourth-order valence-corrected chi connectivity index (χ4v) is 3.44. The minimum absolute atomic E-state index is 0.0484. The number of nitrogens with one attached hydrogen (secondary N) is 2. The molecular formula is C27H28N2O5. The summed E-state index contributed by atoms with van der Waals surface area (Å²) in [5, 5.41) is 14.9. The van der Waals surface area contributed by atoms with Crippen LogP contribution in [0.15, 0.2) is 78.9 Å². The summed E-state index contributed by atoms with van der Waals surface area (Å²) < 4.78 is 5.72. The van der Waals surface area contributed by atoms with Crippen LogP contribution in [0.4, 0.5) is 11.4 Å². The number of phenols is 1. The number of ether oxygens (including phenoxy) is 1. The van der Waals surface area contributed by atoms with E-state index in [4.69, 9.17) is 4.74 Å². The maximum Gasteiger partial charge on any atom is 0.338 e. The molecule has 0 saturated heterocycles. The van der Waals surface area contributed by atoms with E-state index in [2.05, 4.69) is 10.6 Å². The van der Waals surface area contributed by atoms with Gasteiger partial charge in [0.1, 0.15) is 11.9 Å². The summed E-state index contributed by atoms with van der Waals surface area (Å²) >= 11 is 0. The lowest BCUT2D eigenvalue weighted by molar-refractivity contribution is -0.134. The molecule has 3 aromatic rings. The van der Waals surface area contributed by atoms with Crippen molar-refractivity contribution >= 4 is 29.2 Å². The molecule has 0 saturated carbocycles. The molecule has 7 nitrogen and oxygen atoms in total.